The van der Waals surface area contributed by atoms with Gasteiger partial charge in [0, 0.05) is 6.54 Å². The van der Waals surface area contributed by atoms with Gasteiger partial charge in [-0.15, -0.1) is 11.3 Å². The molecule has 0 unspecified atom stereocenters. The Labute approximate surface area is 94.7 Å². The number of hydrogen-bond acceptors (Lipinski definition) is 3. The van der Waals surface area contributed by atoms with E-state index in [0.29, 0.717) is 0 Å². The van der Waals surface area contributed by atoms with Gasteiger partial charge in [0.2, 0.25) is 0 Å². The van der Waals surface area contributed by atoms with Crippen molar-refractivity contribution in [2.24, 2.45) is 0 Å². The molecule has 3 nitrogen and oxygen atoms in total. The highest BCUT2D eigenvalue weighted by Gasteiger charge is 2.33. The Kier molecular flexibility index (Phi) is 3.79. The predicted molar refractivity (Wildman–Crippen MR) is 56.4 cm³/mol. The molecule has 0 fully saturated rings. The topological polar surface area (TPSA) is 46.3 Å². The number of nitrogens with two attached hydrogens (primary N) is 1. The standard InChI is InChI=1S/C9H11F3N2OS/c1-2-14(5-9(10,11)12)8(15)7-6(13)3-4-16-7/h3-4H,2,5,13H2,1H3. The third kappa shape index (κ3) is 3.13. The van der Waals surface area contributed by atoms with Crippen molar-refractivity contribution in [1.29, 1.82) is 0 Å². The minimum Gasteiger partial charge on any atom is -0.397 e. The maximum atomic E-state index is 12.2. The van der Waals surface area contributed by atoms with Gasteiger partial charge in [-0.05, 0) is 18.4 Å². The number of alkyl halides is 3. The van der Waals surface area contributed by atoms with Crippen molar-refractivity contribution in [2.45, 2.75) is 13.1 Å². The van der Waals surface area contributed by atoms with Crippen molar-refractivity contribution in [3.63, 3.8) is 0 Å². The third-order valence-electron chi connectivity index (χ3n) is 1.93. The Morgan fingerprint density at radius 2 is 2.19 bits per heavy atom. The summed E-state index contributed by atoms with van der Waals surface area (Å²) < 4.78 is 36.5. The number of carbonyl (C=O) groups is 1. The SMILES string of the molecule is CCN(CC(F)(F)F)C(=O)c1sccc1N. The largest absolute Gasteiger partial charge is 0.406 e. The molecule has 0 saturated heterocycles. The summed E-state index contributed by atoms with van der Waals surface area (Å²) in [5.74, 6) is -0.674. The molecule has 0 atom stereocenters. The number of nitrogens with zero attached hydrogens (tertiary/aromatic N) is 1. The van der Waals surface area contributed by atoms with E-state index in [2.05, 4.69) is 0 Å². The Balaban J connectivity index is 2.82. The van der Waals surface area contributed by atoms with Crippen molar-refractivity contribution in [3.8, 4) is 0 Å². The van der Waals surface area contributed by atoms with Crippen molar-refractivity contribution in [1.82, 2.24) is 4.90 Å². The van der Waals surface area contributed by atoms with Crippen LogP contribution >= 0.6 is 11.3 Å². The maximum Gasteiger partial charge on any atom is 0.406 e. The molecular formula is C9H11F3N2OS. The number of amides is 1. The van der Waals surface area contributed by atoms with Crippen LogP contribution in [0.2, 0.25) is 0 Å². The molecule has 0 bridgehead atoms. The van der Waals surface area contributed by atoms with E-state index >= 15 is 0 Å². The van der Waals surface area contributed by atoms with Gasteiger partial charge in [0.15, 0.2) is 0 Å². The number of hydrogen-bond donors (Lipinski definition) is 1. The van der Waals surface area contributed by atoms with Crippen LogP contribution in [0.25, 0.3) is 0 Å². The predicted octanol–water partition coefficient (Wildman–Crippen LogP) is 2.35. The van der Waals surface area contributed by atoms with Gasteiger partial charge in [0.1, 0.15) is 11.4 Å². The first-order chi connectivity index (χ1) is 7.35. The molecule has 0 radical (unpaired) electrons. The number of halogens is 3. The van der Waals surface area contributed by atoms with E-state index in [-0.39, 0.29) is 17.1 Å². The fourth-order valence-electron chi connectivity index (χ4n) is 1.18. The molecule has 0 saturated carbocycles. The molecule has 1 rings (SSSR count). The minimum absolute atomic E-state index is 0.00428. The van der Waals surface area contributed by atoms with Crippen molar-refractivity contribution >= 4 is 22.9 Å². The molecule has 7 heteroatoms. The average molecular weight is 252 g/mol. The summed E-state index contributed by atoms with van der Waals surface area (Å²) in [7, 11) is 0. The van der Waals surface area contributed by atoms with Gasteiger partial charge in [0.25, 0.3) is 5.91 Å². The highest BCUT2D eigenvalue weighted by atomic mass is 32.1. The Morgan fingerprint density at radius 3 is 2.56 bits per heavy atom. The highest BCUT2D eigenvalue weighted by molar-refractivity contribution is 7.12. The van der Waals surface area contributed by atoms with E-state index in [9.17, 15) is 18.0 Å². The normalized spacial score (nSPS) is 11.5. The molecule has 0 aliphatic heterocycles. The van der Waals surface area contributed by atoms with Crippen LogP contribution < -0.4 is 5.73 Å². The fraction of sp³-hybridized carbons (Fsp3) is 0.444. The van der Waals surface area contributed by atoms with Gasteiger partial charge in [-0.1, -0.05) is 0 Å². The number of rotatable bonds is 3. The third-order valence-corrected chi connectivity index (χ3v) is 2.85. The first-order valence-corrected chi connectivity index (χ1v) is 5.42. The Hall–Kier alpha value is -1.24. The van der Waals surface area contributed by atoms with E-state index in [1.54, 1.807) is 5.38 Å². The van der Waals surface area contributed by atoms with E-state index in [4.69, 9.17) is 5.73 Å². The van der Waals surface area contributed by atoms with Gasteiger partial charge in [-0.3, -0.25) is 4.79 Å². The lowest BCUT2D eigenvalue weighted by molar-refractivity contribution is -0.140. The van der Waals surface area contributed by atoms with Crippen LogP contribution in [0.4, 0.5) is 18.9 Å². The molecule has 0 aliphatic carbocycles. The number of nitrogen functional groups attached to an aromatic ring is 1. The molecule has 1 aromatic heterocycles. The molecular weight excluding hydrogens is 241 g/mol. The zero-order valence-electron chi connectivity index (χ0n) is 8.54. The summed E-state index contributed by atoms with van der Waals surface area (Å²) in [4.78, 5) is 12.6. The van der Waals surface area contributed by atoms with Gasteiger partial charge in [-0.2, -0.15) is 13.2 Å². The molecule has 0 spiro atoms. The fourth-order valence-corrected chi connectivity index (χ4v) is 1.96. The minimum atomic E-state index is -4.39. The average Bonchev–Trinajstić information content (AvgIpc) is 2.58. The van der Waals surface area contributed by atoms with Crippen LogP contribution in [0, 0.1) is 0 Å². The first-order valence-electron chi connectivity index (χ1n) is 4.54. The lowest BCUT2D eigenvalue weighted by Crippen LogP contribution is -2.38. The quantitative estimate of drug-likeness (QED) is 0.897. The summed E-state index contributed by atoms with van der Waals surface area (Å²) in [6.07, 6.45) is -4.39. The van der Waals surface area contributed by atoms with Gasteiger partial charge in [0.05, 0.1) is 5.69 Å². The summed E-state index contributed by atoms with van der Waals surface area (Å²) in [6, 6.07) is 1.50. The number of carbonyl (C=O) groups excluding carboxylic acids is 1. The van der Waals surface area contributed by atoms with E-state index in [0.717, 1.165) is 16.2 Å². The van der Waals surface area contributed by atoms with Crippen molar-refractivity contribution < 1.29 is 18.0 Å². The second-order valence-corrected chi connectivity index (χ2v) is 4.06. The molecule has 16 heavy (non-hydrogen) atoms. The van der Waals surface area contributed by atoms with Crippen LogP contribution in [0.3, 0.4) is 0 Å². The summed E-state index contributed by atoms with van der Waals surface area (Å²) in [5.41, 5.74) is 5.70. The first kappa shape index (κ1) is 12.8. The molecule has 1 amide bonds. The van der Waals surface area contributed by atoms with Crippen LogP contribution in [0.5, 0.6) is 0 Å². The van der Waals surface area contributed by atoms with Gasteiger partial charge < -0.3 is 10.6 Å². The Morgan fingerprint density at radius 1 is 1.56 bits per heavy atom. The molecule has 1 heterocycles. The van der Waals surface area contributed by atoms with Gasteiger partial charge >= 0.3 is 6.18 Å². The van der Waals surface area contributed by atoms with Crippen LogP contribution in [0.1, 0.15) is 16.6 Å². The zero-order valence-corrected chi connectivity index (χ0v) is 9.36. The van der Waals surface area contributed by atoms with E-state index in [1.165, 1.54) is 13.0 Å². The molecule has 90 valence electrons. The monoisotopic (exact) mass is 252 g/mol. The number of thiophene rings is 1. The van der Waals surface area contributed by atoms with Crippen LogP contribution in [-0.2, 0) is 0 Å². The lowest BCUT2D eigenvalue weighted by atomic mass is 10.3. The summed E-state index contributed by atoms with van der Waals surface area (Å²) >= 11 is 1.04. The van der Waals surface area contributed by atoms with Crippen molar-refractivity contribution in [3.05, 3.63) is 16.3 Å². The zero-order chi connectivity index (χ0) is 12.3. The lowest BCUT2D eigenvalue weighted by Gasteiger charge is -2.21. The maximum absolute atomic E-state index is 12.2. The van der Waals surface area contributed by atoms with Crippen LogP contribution in [-0.4, -0.2) is 30.1 Å². The summed E-state index contributed by atoms with van der Waals surface area (Å²) in [6.45, 7) is 0.239. The van der Waals surface area contributed by atoms with E-state index in [1.807, 2.05) is 0 Å². The molecule has 0 aromatic carbocycles. The van der Waals surface area contributed by atoms with E-state index < -0.39 is 18.6 Å². The van der Waals surface area contributed by atoms with Gasteiger partial charge in [-0.25, -0.2) is 0 Å². The summed E-state index contributed by atoms with van der Waals surface area (Å²) in [5, 5.41) is 1.57. The second kappa shape index (κ2) is 4.73. The van der Waals surface area contributed by atoms with Crippen LogP contribution in [0.15, 0.2) is 11.4 Å². The molecule has 2 N–H and O–H groups in total. The highest BCUT2D eigenvalue weighted by Crippen LogP contribution is 2.23. The smallest absolute Gasteiger partial charge is 0.397 e. The Bertz CT molecular complexity index is 375. The van der Waals surface area contributed by atoms with Crippen molar-refractivity contribution in [2.75, 3.05) is 18.8 Å². The molecule has 0 aliphatic rings. The number of anilines is 1. The molecule has 1 aromatic rings. The second-order valence-electron chi connectivity index (χ2n) is 3.14.